The van der Waals surface area contributed by atoms with E-state index in [-0.39, 0.29) is 23.5 Å². The number of nitrogens with zero attached hydrogens (tertiary/aromatic N) is 5. The van der Waals surface area contributed by atoms with Gasteiger partial charge < -0.3 is 15.6 Å². The van der Waals surface area contributed by atoms with Crippen molar-refractivity contribution >= 4 is 34.1 Å². The van der Waals surface area contributed by atoms with Crippen molar-refractivity contribution in [2.75, 3.05) is 11.1 Å². The highest BCUT2D eigenvalue weighted by molar-refractivity contribution is 6.35. The Kier molecular flexibility index (Phi) is 4.82. The second kappa shape index (κ2) is 7.66. The second-order valence-electron chi connectivity index (χ2n) is 7.48. The number of nitrogens with one attached hydrogen (secondary N) is 1. The van der Waals surface area contributed by atoms with Crippen LogP contribution < -0.4 is 16.6 Å². The normalized spacial score (nSPS) is 14.6. The van der Waals surface area contributed by atoms with Crippen molar-refractivity contribution in [1.82, 2.24) is 24.7 Å². The first-order valence-corrected chi connectivity index (χ1v) is 10.4. The molecule has 4 aromatic rings. The third kappa shape index (κ3) is 3.40. The lowest BCUT2D eigenvalue weighted by Crippen LogP contribution is -2.29. The molecule has 1 aliphatic rings. The van der Waals surface area contributed by atoms with Gasteiger partial charge >= 0.3 is 0 Å². The number of nitrogens with two attached hydrogens (primary N) is 1. The first-order chi connectivity index (χ1) is 15.1. The van der Waals surface area contributed by atoms with Crippen molar-refractivity contribution < 1.29 is 4.52 Å². The fourth-order valence-corrected chi connectivity index (χ4v) is 4.02. The van der Waals surface area contributed by atoms with E-state index >= 15 is 0 Å². The fraction of sp³-hybridized carbons (Fsp3) is 0.286. The average Bonchev–Trinajstić information content (AvgIpc) is 3.45. The number of rotatable bonds is 6. The minimum Gasteiger partial charge on any atom is -0.383 e. The molecule has 3 aromatic heterocycles. The minimum atomic E-state index is -0.295. The highest BCUT2D eigenvalue weighted by Gasteiger charge is 2.31. The Morgan fingerprint density at radius 1 is 1.32 bits per heavy atom. The van der Waals surface area contributed by atoms with Gasteiger partial charge in [-0.2, -0.15) is 0 Å². The molecule has 0 amide bonds. The third-order valence-corrected chi connectivity index (χ3v) is 5.73. The van der Waals surface area contributed by atoms with Gasteiger partial charge in [0.15, 0.2) is 0 Å². The van der Waals surface area contributed by atoms with Gasteiger partial charge in [0.25, 0.3) is 5.56 Å². The van der Waals surface area contributed by atoms with E-state index in [0.29, 0.717) is 45.2 Å². The van der Waals surface area contributed by atoms with E-state index in [1.165, 1.54) is 12.6 Å². The standard InChI is InChI=1S/C21H20ClN7O2/c1-2-13(26-19-17(15-8-9-31-28-15)18(23)24-10-25-19)20-27-14-5-3-4-12(22)16(14)21(30)29(20)11-6-7-11/h3-5,8-11,13H,2,6-7H2,1H3,(H3,23,24,25,26)/t13-/m1/s1. The summed E-state index contributed by atoms with van der Waals surface area (Å²) >= 11 is 6.33. The lowest BCUT2D eigenvalue weighted by molar-refractivity contribution is 0.422. The van der Waals surface area contributed by atoms with Gasteiger partial charge in [0.2, 0.25) is 0 Å². The van der Waals surface area contributed by atoms with E-state index < -0.39 is 0 Å². The minimum absolute atomic E-state index is 0.118. The summed E-state index contributed by atoms with van der Waals surface area (Å²) in [7, 11) is 0. The molecule has 1 fully saturated rings. The van der Waals surface area contributed by atoms with Crippen LogP contribution >= 0.6 is 11.6 Å². The van der Waals surface area contributed by atoms with E-state index in [1.807, 2.05) is 6.92 Å². The Morgan fingerprint density at radius 2 is 2.16 bits per heavy atom. The molecule has 1 aliphatic carbocycles. The molecule has 3 heterocycles. The average molecular weight is 438 g/mol. The summed E-state index contributed by atoms with van der Waals surface area (Å²) in [6.07, 6.45) is 5.38. The fourth-order valence-electron chi connectivity index (χ4n) is 3.77. The highest BCUT2D eigenvalue weighted by atomic mass is 35.5. The van der Waals surface area contributed by atoms with Gasteiger partial charge in [-0.1, -0.05) is 29.7 Å². The van der Waals surface area contributed by atoms with Crippen LogP contribution in [0.25, 0.3) is 22.2 Å². The Balaban J connectivity index is 1.65. The molecule has 0 bridgehead atoms. The van der Waals surface area contributed by atoms with Crippen LogP contribution in [0.5, 0.6) is 0 Å². The molecule has 0 aliphatic heterocycles. The number of aromatic nitrogens is 5. The monoisotopic (exact) mass is 437 g/mol. The van der Waals surface area contributed by atoms with E-state index in [1.54, 1.807) is 28.8 Å². The number of nitrogen functional groups attached to an aromatic ring is 1. The third-order valence-electron chi connectivity index (χ3n) is 5.42. The largest absolute Gasteiger partial charge is 0.383 e. The van der Waals surface area contributed by atoms with Crippen LogP contribution in [0.3, 0.4) is 0 Å². The van der Waals surface area contributed by atoms with Gasteiger partial charge in [0, 0.05) is 12.1 Å². The Bertz CT molecular complexity index is 1320. The Labute approximate surface area is 182 Å². The van der Waals surface area contributed by atoms with Crippen LogP contribution in [0, 0.1) is 0 Å². The molecule has 3 N–H and O–H groups in total. The summed E-state index contributed by atoms with van der Waals surface area (Å²) in [5, 5.41) is 8.24. The van der Waals surface area contributed by atoms with Gasteiger partial charge in [-0.15, -0.1) is 0 Å². The maximum Gasteiger partial charge on any atom is 0.263 e. The summed E-state index contributed by atoms with van der Waals surface area (Å²) in [4.78, 5) is 26.7. The predicted octanol–water partition coefficient (Wildman–Crippen LogP) is 3.98. The molecule has 9 nitrogen and oxygen atoms in total. The summed E-state index contributed by atoms with van der Waals surface area (Å²) in [5.74, 6) is 1.42. The van der Waals surface area contributed by atoms with E-state index in [9.17, 15) is 4.79 Å². The number of hydrogen-bond donors (Lipinski definition) is 2. The first-order valence-electron chi connectivity index (χ1n) is 10.1. The van der Waals surface area contributed by atoms with Crippen LogP contribution in [0.15, 0.2) is 46.2 Å². The molecular formula is C21H20ClN7O2. The van der Waals surface area contributed by atoms with Gasteiger partial charge in [-0.3, -0.25) is 9.36 Å². The number of hydrogen-bond acceptors (Lipinski definition) is 8. The number of fused-ring (bicyclic) bond motifs is 1. The molecule has 0 radical (unpaired) electrons. The molecule has 0 spiro atoms. The van der Waals surface area contributed by atoms with Crippen LogP contribution in [-0.2, 0) is 0 Å². The van der Waals surface area contributed by atoms with Gasteiger partial charge in [-0.05, 0) is 31.4 Å². The van der Waals surface area contributed by atoms with Gasteiger partial charge in [-0.25, -0.2) is 15.0 Å². The van der Waals surface area contributed by atoms with E-state index in [4.69, 9.17) is 26.8 Å². The van der Waals surface area contributed by atoms with Crippen LogP contribution in [0.2, 0.25) is 5.02 Å². The molecule has 1 saturated carbocycles. The van der Waals surface area contributed by atoms with Crippen LogP contribution in [0.1, 0.15) is 44.1 Å². The topological polar surface area (TPSA) is 125 Å². The summed E-state index contributed by atoms with van der Waals surface area (Å²) in [6.45, 7) is 2.02. The number of halogens is 1. The quantitative estimate of drug-likeness (QED) is 0.464. The van der Waals surface area contributed by atoms with Crippen LogP contribution in [0.4, 0.5) is 11.6 Å². The second-order valence-corrected chi connectivity index (χ2v) is 7.89. The van der Waals surface area contributed by atoms with Crippen molar-refractivity contribution in [3.63, 3.8) is 0 Å². The highest BCUT2D eigenvalue weighted by Crippen LogP contribution is 2.38. The maximum absolute atomic E-state index is 13.4. The SMILES string of the molecule is CC[C@@H](Nc1ncnc(N)c1-c1ccon1)c1nc2cccc(Cl)c2c(=O)n1C1CC1. The zero-order chi connectivity index (χ0) is 21.5. The lowest BCUT2D eigenvalue weighted by atomic mass is 10.1. The smallest absolute Gasteiger partial charge is 0.263 e. The molecule has 10 heteroatoms. The van der Waals surface area contributed by atoms with E-state index in [2.05, 4.69) is 20.4 Å². The van der Waals surface area contributed by atoms with Crippen molar-refractivity contribution in [2.24, 2.45) is 0 Å². The first kappa shape index (κ1) is 19.5. The Hall–Kier alpha value is -3.46. The summed E-state index contributed by atoms with van der Waals surface area (Å²) in [6, 6.07) is 6.84. The molecule has 1 atom stereocenters. The van der Waals surface area contributed by atoms with Crippen LogP contribution in [-0.4, -0.2) is 24.7 Å². The van der Waals surface area contributed by atoms with E-state index in [0.717, 1.165) is 12.8 Å². The Morgan fingerprint density at radius 3 is 2.87 bits per heavy atom. The van der Waals surface area contributed by atoms with Gasteiger partial charge in [0.05, 0.1) is 27.5 Å². The lowest BCUT2D eigenvalue weighted by Gasteiger charge is -2.23. The van der Waals surface area contributed by atoms with Gasteiger partial charge in [0.1, 0.15) is 35.7 Å². The zero-order valence-electron chi connectivity index (χ0n) is 16.7. The van der Waals surface area contributed by atoms with Crippen molar-refractivity contribution in [3.05, 3.63) is 58.1 Å². The molecule has 31 heavy (non-hydrogen) atoms. The molecule has 0 unspecified atom stereocenters. The molecule has 158 valence electrons. The zero-order valence-corrected chi connectivity index (χ0v) is 17.5. The predicted molar refractivity (Wildman–Crippen MR) is 118 cm³/mol. The van der Waals surface area contributed by atoms with Crippen molar-refractivity contribution in [2.45, 2.75) is 38.3 Å². The summed E-state index contributed by atoms with van der Waals surface area (Å²) < 4.78 is 6.74. The van der Waals surface area contributed by atoms with Crippen molar-refractivity contribution in [3.8, 4) is 11.3 Å². The number of anilines is 2. The maximum atomic E-state index is 13.4. The van der Waals surface area contributed by atoms with Crippen molar-refractivity contribution in [1.29, 1.82) is 0 Å². The summed E-state index contributed by atoms with van der Waals surface area (Å²) in [5.41, 5.74) is 7.63. The molecule has 5 rings (SSSR count). The number of benzene rings is 1. The molecule has 0 saturated heterocycles. The molecular weight excluding hydrogens is 418 g/mol. The molecule has 1 aromatic carbocycles.